The van der Waals surface area contributed by atoms with Gasteiger partial charge < -0.3 is 0 Å². The number of rotatable bonds is 2. The second kappa shape index (κ2) is 3.77. The average Bonchev–Trinajstić information content (AvgIpc) is 2.04. The number of pyridine rings is 1. The Morgan fingerprint density at radius 3 is 2.64 bits per heavy atom. The lowest BCUT2D eigenvalue weighted by Crippen LogP contribution is -1.90. The molecule has 0 saturated heterocycles. The van der Waals surface area contributed by atoms with Gasteiger partial charge in [-0.1, -0.05) is 13.8 Å². The van der Waals surface area contributed by atoms with Crippen LogP contribution in [0.15, 0.2) is 23.4 Å². The van der Waals surface area contributed by atoms with Gasteiger partial charge in [0.25, 0.3) is 0 Å². The zero-order valence-electron chi connectivity index (χ0n) is 7.16. The van der Waals surface area contributed by atoms with Crippen LogP contribution in [0, 0.1) is 0 Å². The molecule has 0 fully saturated rings. The Morgan fingerprint density at radius 2 is 2.18 bits per heavy atom. The Kier molecular flexibility index (Phi) is 2.94. The fourth-order valence-corrected chi connectivity index (χ4v) is 1.73. The zero-order valence-corrected chi connectivity index (χ0v) is 7.98. The van der Waals surface area contributed by atoms with Gasteiger partial charge in [-0.05, 0) is 23.8 Å². The highest BCUT2D eigenvalue weighted by Crippen LogP contribution is 2.25. The third kappa shape index (κ3) is 1.96. The summed E-state index contributed by atoms with van der Waals surface area (Å²) in [5.74, 6) is 0.575. The van der Waals surface area contributed by atoms with Crippen LogP contribution in [0.1, 0.15) is 25.3 Å². The van der Waals surface area contributed by atoms with Gasteiger partial charge in [0.05, 0.1) is 0 Å². The maximum Gasteiger partial charge on any atom is 0.0313 e. The molecule has 0 spiro atoms. The molecule has 0 aliphatic rings. The van der Waals surface area contributed by atoms with Crippen molar-refractivity contribution in [3.63, 3.8) is 0 Å². The highest BCUT2D eigenvalue weighted by atomic mass is 32.2. The first-order valence-electron chi connectivity index (χ1n) is 3.73. The standard InChI is InChI=1S/C9H13NS/c1-7(2)8-6-10-5-4-9(8)11-3/h4-7H,1-3H3. The molecular weight excluding hydrogens is 154 g/mol. The van der Waals surface area contributed by atoms with E-state index >= 15 is 0 Å². The Balaban J connectivity index is 3.02. The highest BCUT2D eigenvalue weighted by Gasteiger charge is 2.03. The van der Waals surface area contributed by atoms with E-state index in [0.29, 0.717) is 5.92 Å². The summed E-state index contributed by atoms with van der Waals surface area (Å²) < 4.78 is 0. The molecule has 0 bridgehead atoms. The first kappa shape index (κ1) is 8.60. The minimum absolute atomic E-state index is 0.575. The lowest BCUT2D eigenvalue weighted by Gasteiger charge is -2.08. The van der Waals surface area contributed by atoms with E-state index in [1.54, 1.807) is 11.8 Å². The van der Waals surface area contributed by atoms with E-state index in [4.69, 9.17) is 0 Å². The fraction of sp³-hybridized carbons (Fsp3) is 0.444. The fourth-order valence-electron chi connectivity index (χ4n) is 1.01. The maximum atomic E-state index is 4.10. The molecule has 2 heteroatoms. The lowest BCUT2D eigenvalue weighted by molar-refractivity contribution is 0.832. The van der Waals surface area contributed by atoms with Crippen molar-refractivity contribution in [2.24, 2.45) is 0 Å². The smallest absolute Gasteiger partial charge is 0.0313 e. The third-order valence-corrected chi connectivity index (χ3v) is 2.46. The van der Waals surface area contributed by atoms with E-state index in [2.05, 4.69) is 31.2 Å². The van der Waals surface area contributed by atoms with E-state index in [9.17, 15) is 0 Å². The second-order valence-corrected chi connectivity index (χ2v) is 3.62. The summed E-state index contributed by atoms with van der Waals surface area (Å²) >= 11 is 1.78. The van der Waals surface area contributed by atoms with Gasteiger partial charge in [0.15, 0.2) is 0 Å². The predicted octanol–water partition coefficient (Wildman–Crippen LogP) is 2.93. The Bertz CT molecular complexity index is 233. The minimum atomic E-state index is 0.575. The molecule has 1 nitrogen and oxygen atoms in total. The van der Waals surface area contributed by atoms with E-state index < -0.39 is 0 Å². The largest absolute Gasteiger partial charge is 0.264 e. The van der Waals surface area contributed by atoms with Crippen LogP contribution < -0.4 is 0 Å². The quantitative estimate of drug-likeness (QED) is 0.628. The van der Waals surface area contributed by atoms with Crippen molar-refractivity contribution in [3.8, 4) is 0 Å². The summed E-state index contributed by atoms with van der Waals surface area (Å²) in [4.78, 5) is 5.44. The summed E-state index contributed by atoms with van der Waals surface area (Å²) in [6.07, 6.45) is 5.90. The van der Waals surface area contributed by atoms with Gasteiger partial charge in [-0.25, -0.2) is 0 Å². The van der Waals surface area contributed by atoms with Crippen molar-refractivity contribution in [2.75, 3.05) is 6.26 Å². The van der Waals surface area contributed by atoms with Gasteiger partial charge in [0.1, 0.15) is 0 Å². The number of nitrogens with zero attached hydrogens (tertiary/aromatic N) is 1. The summed E-state index contributed by atoms with van der Waals surface area (Å²) in [5.41, 5.74) is 1.35. The molecule has 0 atom stereocenters. The first-order chi connectivity index (χ1) is 5.25. The average molecular weight is 167 g/mol. The van der Waals surface area contributed by atoms with Crippen LogP contribution in [0.3, 0.4) is 0 Å². The lowest BCUT2D eigenvalue weighted by atomic mass is 10.1. The summed E-state index contributed by atoms with van der Waals surface area (Å²) in [7, 11) is 0. The van der Waals surface area contributed by atoms with E-state index in [-0.39, 0.29) is 0 Å². The van der Waals surface area contributed by atoms with Crippen molar-refractivity contribution in [1.29, 1.82) is 0 Å². The minimum Gasteiger partial charge on any atom is -0.264 e. The Morgan fingerprint density at radius 1 is 1.45 bits per heavy atom. The number of aromatic nitrogens is 1. The molecule has 1 rings (SSSR count). The van der Waals surface area contributed by atoms with Crippen molar-refractivity contribution in [3.05, 3.63) is 24.0 Å². The van der Waals surface area contributed by atoms with Gasteiger partial charge >= 0.3 is 0 Å². The molecule has 0 radical (unpaired) electrons. The SMILES string of the molecule is CSc1ccncc1C(C)C. The van der Waals surface area contributed by atoms with Crippen LogP contribution in [-0.4, -0.2) is 11.2 Å². The molecule has 0 N–H and O–H groups in total. The van der Waals surface area contributed by atoms with Crippen molar-refractivity contribution >= 4 is 11.8 Å². The highest BCUT2D eigenvalue weighted by molar-refractivity contribution is 7.98. The van der Waals surface area contributed by atoms with Gasteiger partial charge in [-0.2, -0.15) is 0 Å². The van der Waals surface area contributed by atoms with Crippen LogP contribution in [0.4, 0.5) is 0 Å². The monoisotopic (exact) mass is 167 g/mol. The maximum absolute atomic E-state index is 4.10. The van der Waals surface area contributed by atoms with E-state index in [1.165, 1.54) is 10.5 Å². The third-order valence-electron chi connectivity index (χ3n) is 1.65. The molecule has 1 aromatic heterocycles. The molecule has 1 aromatic rings. The summed E-state index contributed by atoms with van der Waals surface area (Å²) in [6.45, 7) is 4.38. The van der Waals surface area contributed by atoms with Gasteiger partial charge in [0, 0.05) is 17.3 Å². The van der Waals surface area contributed by atoms with Gasteiger partial charge in [0.2, 0.25) is 0 Å². The van der Waals surface area contributed by atoms with Crippen LogP contribution in [-0.2, 0) is 0 Å². The number of hydrogen-bond donors (Lipinski definition) is 0. The topological polar surface area (TPSA) is 12.9 Å². The van der Waals surface area contributed by atoms with E-state index in [1.807, 2.05) is 12.4 Å². The van der Waals surface area contributed by atoms with Gasteiger partial charge in [-0.15, -0.1) is 11.8 Å². The van der Waals surface area contributed by atoms with Crippen molar-refractivity contribution in [2.45, 2.75) is 24.7 Å². The molecule has 0 saturated carbocycles. The van der Waals surface area contributed by atoms with Crippen molar-refractivity contribution in [1.82, 2.24) is 4.98 Å². The molecule has 60 valence electrons. The van der Waals surface area contributed by atoms with E-state index in [0.717, 1.165) is 0 Å². The zero-order chi connectivity index (χ0) is 8.27. The molecule has 11 heavy (non-hydrogen) atoms. The van der Waals surface area contributed by atoms with Crippen molar-refractivity contribution < 1.29 is 0 Å². The molecule has 0 aliphatic carbocycles. The molecule has 0 unspecified atom stereocenters. The normalized spacial score (nSPS) is 10.5. The molecule has 0 amide bonds. The van der Waals surface area contributed by atoms with Crippen LogP contribution in [0.5, 0.6) is 0 Å². The summed E-state index contributed by atoms with van der Waals surface area (Å²) in [5, 5.41) is 0. The second-order valence-electron chi connectivity index (χ2n) is 2.77. The van der Waals surface area contributed by atoms with Crippen LogP contribution in [0.25, 0.3) is 0 Å². The summed E-state index contributed by atoms with van der Waals surface area (Å²) in [6, 6.07) is 2.07. The van der Waals surface area contributed by atoms with Crippen LogP contribution >= 0.6 is 11.8 Å². The Labute approximate surface area is 72.2 Å². The molecule has 0 aromatic carbocycles. The molecule has 0 aliphatic heterocycles. The van der Waals surface area contributed by atoms with Crippen LogP contribution in [0.2, 0.25) is 0 Å². The Hall–Kier alpha value is -0.500. The molecular formula is C9H13NS. The van der Waals surface area contributed by atoms with Gasteiger partial charge in [-0.3, -0.25) is 4.98 Å². The molecule has 1 heterocycles. The first-order valence-corrected chi connectivity index (χ1v) is 4.96. The predicted molar refractivity (Wildman–Crippen MR) is 50.1 cm³/mol. The number of thioether (sulfide) groups is 1. The number of hydrogen-bond acceptors (Lipinski definition) is 2.